The van der Waals surface area contributed by atoms with Crippen molar-refractivity contribution in [2.24, 2.45) is 0 Å². The van der Waals surface area contributed by atoms with Gasteiger partial charge in [0.25, 0.3) is 0 Å². The third-order valence-corrected chi connectivity index (χ3v) is 0. The Morgan fingerprint density at radius 1 is 0.800 bits per heavy atom. The minimum atomic E-state index is 0. The molecular formula is C8H14FLi. The number of hydrogen-bond acceptors (Lipinski definition) is 0. The van der Waals surface area contributed by atoms with Crippen molar-refractivity contribution < 1.29 is 23.3 Å². The largest absolute Gasteiger partial charge is 1.00 e. The summed E-state index contributed by atoms with van der Waals surface area (Å²) in [6.45, 7) is 20.6. The van der Waals surface area contributed by atoms with Gasteiger partial charge in [-0.25, -0.2) is 0 Å². The Morgan fingerprint density at radius 3 is 0.800 bits per heavy atom. The zero-order valence-electron chi connectivity index (χ0n) is 6.83. The molecule has 0 saturated carbocycles. The Bertz CT molecular complexity index is 33.5. The summed E-state index contributed by atoms with van der Waals surface area (Å²) >= 11 is 0. The van der Waals surface area contributed by atoms with E-state index in [2.05, 4.69) is 46.1 Å². The molecule has 0 atom stereocenters. The summed E-state index contributed by atoms with van der Waals surface area (Å²) in [7, 11) is 0. The van der Waals surface area contributed by atoms with E-state index in [1.54, 1.807) is 0 Å². The van der Waals surface area contributed by atoms with Crippen LogP contribution >= 0.6 is 0 Å². The van der Waals surface area contributed by atoms with Gasteiger partial charge in [0.1, 0.15) is 0 Å². The first-order chi connectivity index (χ1) is 4.41. The van der Waals surface area contributed by atoms with Gasteiger partial charge in [-0.2, -0.15) is 0 Å². The number of rotatable bonds is 0. The van der Waals surface area contributed by atoms with Crippen LogP contribution in [0.4, 0.5) is 4.39 Å². The number of halogens is 1. The van der Waals surface area contributed by atoms with Crippen LogP contribution in [0.15, 0.2) is 46.1 Å². The Hall–Kier alpha value is -0.513. The van der Waals surface area contributed by atoms with Crippen molar-refractivity contribution >= 4 is 0 Å². The van der Waals surface area contributed by atoms with E-state index in [0.717, 1.165) is 6.33 Å². The molecule has 0 saturated heterocycles. The average Bonchev–Trinajstić information content (AvgIpc) is 2.01. The predicted octanol–water partition coefficient (Wildman–Crippen LogP) is 0.313. The van der Waals surface area contributed by atoms with Gasteiger partial charge in [0.05, 0.1) is 0 Å². The fourth-order valence-corrected chi connectivity index (χ4v) is 0. The van der Waals surface area contributed by atoms with Crippen molar-refractivity contribution in [2.75, 3.05) is 0 Å². The van der Waals surface area contributed by atoms with Gasteiger partial charge in [-0.1, -0.05) is 0 Å². The SMILES string of the molecule is C=C.C=C.C=C.C=[C-]F.[Li+]. The van der Waals surface area contributed by atoms with Crippen LogP contribution in [-0.2, 0) is 0 Å². The van der Waals surface area contributed by atoms with Gasteiger partial charge in [-0.05, 0) is 0 Å². The molecule has 0 heterocycles. The maximum atomic E-state index is 9.93. The van der Waals surface area contributed by atoms with Gasteiger partial charge in [0.15, 0.2) is 0 Å². The topological polar surface area (TPSA) is 0 Å². The summed E-state index contributed by atoms with van der Waals surface area (Å²) in [5.74, 6) is 0. The molecule has 0 N–H and O–H groups in total. The fraction of sp³-hybridized carbons (Fsp3) is 0. The molecular weight excluding hydrogens is 122 g/mol. The molecule has 0 aromatic heterocycles. The zero-order valence-corrected chi connectivity index (χ0v) is 6.83. The van der Waals surface area contributed by atoms with Crippen LogP contribution in [0, 0.1) is 6.33 Å². The molecule has 0 spiro atoms. The third kappa shape index (κ3) is 1200. The fourth-order valence-electron chi connectivity index (χ4n) is 0. The van der Waals surface area contributed by atoms with Crippen molar-refractivity contribution in [2.45, 2.75) is 0 Å². The summed E-state index contributed by atoms with van der Waals surface area (Å²) in [5.41, 5.74) is 0. The second-order valence-corrected chi connectivity index (χ2v) is 0.134. The van der Waals surface area contributed by atoms with E-state index in [1.807, 2.05) is 0 Å². The molecule has 0 aromatic carbocycles. The molecule has 0 aliphatic rings. The molecule has 0 rings (SSSR count). The van der Waals surface area contributed by atoms with Gasteiger partial charge in [0, 0.05) is 0 Å². The monoisotopic (exact) mass is 136 g/mol. The van der Waals surface area contributed by atoms with E-state index in [9.17, 15) is 4.39 Å². The van der Waals surface area contributed by atoms with Crippen molar-refractivity contribution in [3.8, 4) is 0 Å². The standard InChI is InChI=1S/C2H2F.3C2H4.Li/c1-2-3;3*1-2;/h1H2;3*1-2H2;/q-1;;;;+1. The average molecular weight is 136 g/mol. The molecule has 0 aliphatic heterocycles. The summed E-state index contributed by atoms with van der Waals surface area (Å²) in [6.07, 6.45) is 1.00. The van der Waals surface area contributed by atoms with Crippen LogP contribution in [-0.4, -0.2) is 0 Å². The van der Waals surface area contributed by atoms with E-state index in [1.165, 1.54) is 0 Å². The van der Waals surface area contributed by atoms with Crippen LogP contribution in [0.5, 0.6) is 0 Å². The van der Waals surface area contributed by atoms with Gasteiger partial charge >= 0.3 is 18.9 Å². The predicted molar refractivity (Wildman–Crippen MR) is 43.7 cm³/mol. The van der Waals surface area contributed by atoms with E-state index in [0.29, 0.717) is 0 Å². The normalized spacial score (nSPS) is 2.50. The first kappa shape index (κ1) is 33.9. The molecule has 0 bridgehead atoms. The smallest absolute Gasteiger partial charge is 0.459 e. The summed E-state index contributed by atoms with van der Waals surface area (Å²) in [6, 6.07) is 0. The van der Waals surface area contributed by atoms with Gasteiger partial charge in [0.2, 0.25) is 0 Å². The minimum Gasteiger partial charge on any atom is -0.459 e. The Morgan fingerprint density at radius 2 is 0.800 bits per heavy atom. The third-order valence-electron chi connectivity index (χ3n) is 0. The molecule has 0 nitrogen and oxygen atoms in total. The maximum absolute atomic E-state index is 9.93. The van der Waals surface area contributed by atoms with Crippen molar-refractivity contribution in [3.05, 3.63) is 52.4 Å². The van der Waals surface area contributed by atoms with Gasteiger partial charge in [-0.3, -0.25) is 6.58 Å². The maximum Gasteiger partial charge on any atom is 1.00 e. The molecule has 0 amide bonds. The van der Waals surface area contributed by atoms with Crippen LogP contribution in [0.2, 0.25) is 0 Å². The Balaban J connectivity index is -0.0000000110. The summed E-state index contributed by atoms with van der Waals surface area (Å²) in [5, 5.41) is 0. The van der Waals surface area contributed by atoms with Crippen molar-refractivity contribution in [1.82, 2.24) is 0 Å². The van der Waals surface area contributed by atoms with Crippen molar-refractivity contribution in [3.63, 3.8) is 0 Å². The second kappa shape index (κ2) is 2000. The number of hydrogen-bond donors (Lipinski definition) is 0. The van der Waals surface area contributed by atoms with E-state index < -0.39 is 0 Å². The van der Waals surface area contributed by atoms with E-state index in [-0.39, 0.29) is 18.9 Å². The molecule has 0 fully saturated rings. The zero-order chi connectivity index (χ0) is 8.71. The second-order valence-electron chi connectivity index (χ2n) is 0.134. The first-order valence-electron chi connectivity index (χ1n) is 2.04. The minimum absolute atomic E-state index is 0. The molecule has 2 heteroatoms. The van der Waals surface area contributed by atoms with E-state index in [4.69, 9.17) is 0 Å². The quantitative estimate of drug-likeness (QED) is 0.255. The van der Waals surface area contributed by atoms with Crippen LogP contribution in [0.3, 0.4) is 0 Å². The molecule has 0 unspecified atom stereocenters. The Kier molecular flexibility index (Phi) is 6800. The molecule has 0 aliphatic carbocycles. The molecule has 0 aromatic rings. The van der Waals surface area contributed by atoms with Gasteiger partial charge in [-0.15, -0.1) is 39.5 Å². The molecule has 10 heavy (non-hydrogen) atoms. The molecule has 0 radical (unpaired) electrons. The van der Waals surface area contributed by atoms with Crippen LogP contribution in [0.1, 0.15) is 0 Å². The Labute approximate surface area is 76.0 Å². The van der Waals surface area contributed by atoms with Crippen LogP contribution in [0.25, 0.3) is 0 Å². The first-order valence-corrected chi connectivity index (χ1v) is 2.04. The van der Waals surface area contributed by atoms with Gasteiger partial charge < -0.3 is 10.7 Å². The summed E-state index contributed by atoms with van der Waals surface area (Å²) < 4.78 is 9.93. The molecule has 54 valence electrons. The van der Waals surface area contributed by atoms with Crippen molar-refractivity contribution in [1.29, 1.82) is 0 Å². The summed E-state index contributed by atoms with van der Waals surface area (Å²) in [4.78, 5) is 0. The van der Waals surface area contributed by atoms with E-state index >= 15 is 0 Å². The van der Waals surface area contributed by atoms with Crippen LogP contribution < -0.4 is 18.9 Å².